The van der Waals surface area contributed by atoms with Gasteiger partial charge in [0.1, 0.15) is 5.69 Å². The van der Waals surface area contributed by atoms with Gasteiger partial charge in [0.05, 0.1) is 16.9 Å². The Morgan fingerprint density at radius 3 is 2.95 bits per heavy atom. The molecule has 2 aromatic rings. The van der Waals surface area contributed by atoms with Crippen LogP contribution in [0.3, 0.4) is 0 Å². The maximum Gasteiger partial charge on any atom is 0.291 e. The molecular weight excluding hydrogens is 322 g/mol. The molecular formula is C13H16BrN5O. The van der Waals surface area contributed by atoms with Crippen LogP contribution < -0.4 is 10.9 Å². The Balaban J connectivity index is 1.77. The smallest absolute Gasteiger partial charge is 0.291 e. The first-order chi connectivity index (χ1) is 9.74. The summed E-state index contributed by atoms with van der Waals surface area (Å²) < 4.78 is 2.25. The lowest BCUT2D eigenvalue weighted by Crippen LogP contribution is -2.30. The van der Waals surface area contributed by atoms with Gasteiger partial charge in [-0.15, -0.1) is 0 Å². The summed E-state index contributed by atoms with van der Waals surface area (Å²) in [6.07, 6.45) is 8.87. The van der Waals surface area contributed by atoms with Crippen molar-refractivity contribution in [3.05, 3.63) is 39.0 Å². The number of H-pyrrole nitrogens is 1. The lowest BCUT2D eigenvalue weighted by molar-refractivity contribution is 0.262. The van der Waals surface area contributed by atoms with Gasteiger partial charge in [-0.2, -0.15) is 10.2 Å². The summed E-state index contributed by atoms with van der Waals surface area (Å²) >= 11 is 3.38. The highest BCUT2D eigenvalue weighted by Gasteiger charge is 2.20. The van der Waals surface area contributed by atoms with Crippen molar-refractivity contribution in [2.24, 2.45) is 5.92 Å². The van der Waals surface area contributed by atoms with Crippen molar-refractivity contribution in [1.29, 1.82) is 0 Å². The zero-order valence-corrected chi connectivity index (χ0v) is 12.6. The van der Waals surface area contributed by atoms with Gasteiger partial charge in [-0.3, -0.25) is 9.89 Å². The predicted octanol–water partition coefficient (Wildman–Crippen LogP) is 2.14. The largest absolute Gasteiger partial charge is 0.375 e. The highest BCUT2D eigenvalue weighted by Crippen LogP contribution is 2.27. The van der Waals surface area contributed by atoms with Crippen molar-refractivity contribution in [2.45, 2.75) is 32.4 Å². The number of nitrogens with one attached hydrogen (secondary N) is 2. The van der Waals surface area contributed by atoms with Crippen LogP contribution in [-0.4, -0.2) is 20.0 Å². The van der Waals surface area contributed by atoms with Crippen LogP contribution in [-0.2, 0) is 13.1 Å². The van der Waals surface area contributed by atoms with Crippen molar-refractivity contribution in [2.75, 3.05) is 5.32 Å². The molecule has 2 N–H and O–H groups in total. The van der Waals surface area contributed by atoms with Crippen molar-refractivity contribution in [3.63, 3.8) is 0 Å². The van der Waals surface area contributed by atoms with E-state index in [0.717, 1.165) is 5.56 Å². The van der Waals surface area contributed by atoms with E-state index in [1.54, 1.807) is 23.3 Å². The molecule has 20 heavy (non-hydrogen) atoms. The lowest BCUT2D eigenvalue weighted by Gasteiger charge is -2.25. The third-order valence-electron chi connectivity index (χ3n) is 3.68. The summed E-state index contributed by atoms with van der Waals surface area (Å²) in [5.74, 6) is 0.600. The highest BCUT2D eigenvalue weighted by atomic mass is 79.9. The molecule has 0 amide bonds. The fraction of sp³-hybridized carbons (Fsp3) is 0.462. The van der Waals surface area contributed by atoms with Crippen molar-refractivity contribution >= 4 is 21.6 Å². The molecule has 0 aromatic carbocycles. The molecule has 1 saturated carbocycles. The number of nitrogens with zero attached hydrogens (tertiary/aromatic N) is 3. The average molecular weight is 338 g/mol. The van der Waals surface area contributed by atoms with Crippen molar-refractivity contribution < 1.29 is 0 Å². The summed E-state index contributed by atoms with van der Waals surface area (Å²) in [6.45, 7) is 1.27. The highest BCUT2D eigenvalue weighted by molar-refractivity contribution is 9.10. The molecule has 6 nitrogen and oxygen atoms in total. The molecule has 0 atom stereocenters. The number of aromatic nitrogens is 4. The second kappa shape index (κ2) is 5.78. The molecule has 0 saturated heterocycles. The van der Waals surface area contributed by atoms with E-state index >= 15 is 0 Å². The third kappa shape index (κ3) is 2.77. The number of anilines is 1. The summed E-state index contributed by atoms with van der Waals surface area (Å²) in [5, 5.41) is 14.0. The van der Waals surface area contributed by atoms with E-state index in [1.807, 2.05) is 0 Å². The molecule has 106 valence electrons. The second-order valence-corrected chi connectivity index (χ2v) is 5.97. The summed E-state index contributed by atoms with van der Waals surface area (Å²) in [7, 11) is 0. The van der Waals surface area contributed by atoms with Crippen LogP contribution in [0.2, 0.25) is 0 Å². The van der Waals surface area contributed by atoms with Gasteiger partial charge in [0.25, 0.3) is 5.56 Å². The van der Waals surface area contributed by atoms with Crippen molar-refractivity contribution in [1.82, 2.24) is 20.0 Å². The standard InChI is InChI=1S/C13H16BrN5O/c14-11-7-18-19(8-9-2-1-3-9)13(20)12(11)15-4-10-5-16-17-6-10/h5-7,9,15H,1-4,8H2,(H,16,17). The number of rotatable bonds is 5. The molecule has 0 spiro atoms. The van der Waals surface area contributed by atoms with Crippen LogP contribution >= 0.6 is 15.9 Å². The van der Waals surface area contributed by atoms with E-state index in [9.17, 15) is 4.79 Å². The van der Waals surface area contributed by atoms with Gasteiger partial charge in [0.2, 0.25) is 0 Å². The maximum atomic E-state index is 12.4. The van der Waals surface area contributed by atoms with Crippen LogP contribution in [0.5, 0.6) is 0 Å². The minimum atomic E-state index is -0.0743. The monoisotopic (exact) mass is 337 g/mol. The number of aromatic amines is 1. The van der Waals surface area contributed by atoms with Crippen LogP contribution in [0.15, 0.2) is 27.9 Å². The Bertz CT molecular complexity index is 633. The number of halogens is 1. The summed E-state index contributed by atoms with van der Waals surface area (Å²) in [5.41, 5.74) is 1.48. The normalized spacial score (nSPS) is 15.1. The Kier molecular flexibility index (Phi) is 3.86. The third-order valence-corrected chi connectivity index (χ3v) is 4.28. The van der Waals surface area contributed by atoms with Gasteiger partial charge < -0.3 is 5.32 Å². The lowest BCUT2D eigenvalue weighted by atomic mass is 9.85. The maximum absolute atomic E-state index is 12.4. The van der Waals surface area contributed by atoms with Gasteiger partial charge in [0.15, 0.2) is 0 Å². The summed E-state index contributed by atoms with van der Waals surface area (Å²) in [6, 6.07) is 0. The Morgan fingerprint density at radius 1 is 1.45 bits per heavy atom. The molecule has 0 radical (unpaired) electrons. The second-order valence-electron chi connectivity index (χ2n) is 5.11. The minimum absolute atomic E-state index is 0.0743. The zero-order valence-electron chi connectivity index (χ0n) is 11.0. The Hall–Kier alpha value is -1.63. The number of hydrogen-bond donors (Lipinski definition) is 2. The van der Waals surface area contributed by atoms with E-state index in [4.69, 9.17) is 0 Å². The molecule has 0 aliphatic heterocycles. The molecule has 1 fully saturated rings. The first kappa shape index (κ1) is 13.4. The zero-order chi connectivity index (χ0) is 13.9. The molecule has 2 heterocycles. The van der Waals surface area contributed by atoms with E-state index in [-0.39, 0.29) is 5.56 Å². The first-order valence-corrected chi connectivity index (χ1v) is 7.50. The fourth-order valence-electron chi connectivity index (χ4n) is 2.24. The van der Waals surface area contributed by atoms with E-state index in [0.29, 0.717) is 29.2 Å². The molecule has 1 aliphatic rings. The first-order valence-electron chi connectivity index (χ1n) is 6.71. The van der Waals surface area contributed by atoms with Crippen LogP contribution in [0.25, 0.3) is 0 Å². The van der Waals surface area contributed by atoms with E-state index < -0.39 is 0 Å². The van der Waals surface area contributed by atoms with Crippen LogP contribution in [0, 0.1) is 5.92 Å². The quantitative estimate of drug-likeness (QED) is 0.876. The Morgan fingerprint density at radius 2 is 2.30 bits per heavy atom. The van der Waals surface area contributed by atoms with Gasteiger partial charge in [-0.1, -0.05) is 6.42 Å². The van der Waals surface area contributed by atoms with Gasteiger partial charge in [-0.25, -0.2) is 4.68 Å². The van der Waals surface area contributed by atoms with Crippen LogP contribution in [0.1, 0.15) is 24.8 Å². The van der Waals surface area contributed by atoms with Gasteiger partial charge in [0, 0.05) is 24.8 Å². The van der Waals surface area contributed by atoms with Crippen molar-refractivity contribution in [3.8, 4) is 0 Å². The minimum Gasteiger partial charge on any atom is -0.375 e. The van der Waals surface area contributed by atoms with E-state index in [1.165, 1.54) is 19.3 Å². The Labute approximate surface area is 124 Å². The molecule has 7 heteroatoms. The average Bonchev–Trinajstić information content (AvgIpc) is 2.89. The number of hydrogen-bond acceptors (Lipinski definition) is 4. The van der Waals surface area contributed by atoms with E-state index in [2.05, 4.69) is 36.5 Å². The predicted molar refractivity (Wildman–Crippen MR) is 79.5 cm³/mol. The molecule has 1 aliphatic carbocycles. The SMILES string of the molecule is O=c1c(NCc2cn[nH]c2)c(Br)cnn1CC1CCC1. The molecule has 2 aromatic heterocycles. The summed E-state index contributed by atoms with van der Waals surface area (Å²) in [4.78, 5) is 12.4. The van der Waals surface area contributed by atoms with Crippen LogP contribution in [0.4, 0.5) is 5.69 Å². The van der Waals surface area contributed by atoms with Gasteiger partial charge in [-0.05, 0) is 34.7 Å². The molecule has 0 bridgehead atoms. The molecule has 3 rings (SSSR count). The van der Waals surface area contributed by atoms with Gasteiger partial charge >= 0.3 is 0 Å². The topological polar surface area (TPSA) is 75.6 Å². The molecule has 0 unspecified atom stereocenters. The fourth-order valence-corrected chi connectivity index (χ4v) is 2.64.